The second kappa shape index (κ2) is 7.50. The predicted octanol–water partition coefficient (Wildman–Crippen LogP) is 4.92. The standard InChI is InChI=1S/C13H20.C2H6/c1-10(2)8-9-13-11(3)6-5-7-12(13)4;1-2/h5-7,10H,8-9H2,1-4H3;1-2H3. The molecule has 0 unspecified atom stereocenters. The van der Waals surface area contributed by atoms with Crippen LogP contribution in [0.2, 0.25) is 0 Å². The molecule has 0 saturated heterocycles. The van der Waals surface area contributed by atoms with Gasteiger partial charge >= 0.3 is 0 Å². The van der Waals surface area contributed by atoms with Gasteiger partial charge in [-0.05, 0) is 49.3 Å². The van der Waals surface area contributed by atoms with E-state index in [1.165, 1.54) is 24.0 Å². The van der Waals surface area contributed by atoms with Gasteiger partial charge in [0.2, 0.25) is 0 Å². The van der Waals surface area contributed by atoms with E-state index in [4.69, 9.17) is 0 Å². The van der Waals surface area contributed by atoms with Crippen LogP contribution in [0, 0.1) is 19.8 Å². The highest BCUT2D eigenvalue weighted by atomic mass is 14.1. The molecule has 0 heteroatoms. The summed E-state index contributed by atoms with van der Waals surface area (Å²) in [6.07, 6.45) is 2.53. The van der Waals surface area contributed by atoms with Gasteiger partial charge in [0.05, 0.1) is 0 Å². The van der Waals surface area contributed by atoms with E-state index >= 15 is 0 Å². The Hall–Kier alpha value is -0.780. The van der Waals surface area contributed by atoms with E-state index < -0.39 is 0 Å². The summed E-state index contributed by atoms with van der Waals surface area (Å²) in [7, 11) is 0. The molecule has 0 aliphatic heterocycles. The van der Waals surface area contributed by atoms with E-state index in [1.807, 2.05) is 13.8 Å². The van der Waals surface area contributed by atoms with Gasteiger partial charge < -0.3 is 0 Å². The van der Waals surface area contributed by atoms with Crippen molar-refractivity contribution in [3.63, 3.8) is 0 Å². The zero-order chi connectivity index (χ0) is 11.8. The van der Waals surface area contributed by atoms with Crippen molar-refractivity contribution in [3.8, 4) is 0 Å². The van der Waals surface area contributed by atoms with E-state index in [2.05, 4.69) is 45.9 Å². The number of hydrogen-bond acceptors (Lipinski definition) is 0. The second-order valence-electron chi connectivity index (χ2n) is 4.30. The third-order valence-corrected chi connectivity index (χ3v) is 2.62. The van der Waals surface area contributed by atoms with Gasteiger partial charge in [-0.15, -0.1) is 0 Å². The molecule has 0 atom stereocenters. The molecule has 0 aromatic heterocycles. The van der Waals surface area contributed by atoms with Gasteiger partial charge in [-0.1, -0.05) is 45.9 Å². The van der Waals surface area contributed by atoms with Crippen LogP contribution in [0.5, 0.6) is 0 Å². The molecule has 1 rings (SSSR count). The molecule has 0 nitrogen and oxygen atoms in total. The summed E-state index contributed by atoms with van der Waals surface area (Å²) in [5.74, 6) is 0.805. The maximum absolute atomic E-state index is 2.29. The van der Waals surface area contributed by atoms with Gasteiger partial charge in [0.25, 0.3) is 0 Å². The summed E-state index contributed by atoms with van der Waals surface area (Å²) in [5, 5.41) is 0. The summed E-state index contributed by atoms with van der Waals surface area (Å²) in [4.78, 5) is 0. The highest BCUT2D eigenvalue weighted by molar-refractivity contribution is 5.33. The van der Waals surface area contributed by atoms with Crippen LogP contribution in [0.3, 0.4) is 0 Å². The van der Waals surface area contributed by atoms with Crippen molar-refractivity contribution in [3.05, 3.63) is 34.9 Å². The molecule has 0 heterocycles. The molecule has 0 bridgehead atoms. The summed E-state index contributed by atoms with van der Waals surface area (Å²) in [6.45, 7) is 13.0. The van der Waals surface area contributed by atoms with Crippen molar-refractivity contribution in [2.75, 3.05) is 0 Å². The first-order valence-electron chi connectivity index (χ1n) is 6.16. The molecule has 86 valence electrons. The Morgan fingerprint density at radius 1 is 1.00 bits per heavy atom. The fourth-order valence-corrected chi connectivity index (χ4v) is 1.68. The van der Waals surface area contributed by atoms with Crippen LogP contribution >= 0.6 is 0 Å². The molecule has 0 fully saturated rings. The van der Waals surface area contributed by atoms with Crippen molar-refractivity contribution in [2.24, 2.45) is 5.92 Å². The van der Waals surface area contributed by atoms with Crippen molar-refractivity contribution < 1.29 is 0 Å². The largest absolute Gasteiger partial charge is 0.0683 e. The molecule has 0 spiro atoms. The van der Waals surface area contributed by atoms with Crippen molar-refractivity contribution in [1.82, 2.24) is 0 Å². The molecule has 0 radical (unpaired) electrons. The molecule has 0 aliphatic carbocycles. The normalized spacial score (nSPS) is 9.80. The maximum atomic E-state index is 2.29. The summed E-state index contributed by atoms with van der Waals surface area (Å²) >= 11 is 0. The molecule has 15 heavy (non-hydrogen) atoms. The zero-order valence-electron chi connectivity index (χ0n) is 11.2. The Morgan fingerprint density at radius 3 is 1.87 bits per heavy atom. The van der Waals surface area contributed by atoms with Crippen LogP contribution in [-0.4, -0.2) is 0 Å². The SMILES string of the molecule is CC.Cc1cccc(C)c1CCC(C)C. The first-order chi connectivity index (χ1) is 7.11. The summed E-state index contributed by atoms with van der Waals surface area (Å²) in [6, 6.07) is 6.56. The Kier molecular flexibility index (Phi) is 7.11. The number of rotatable bonds is 3. The van der Waals surface area contributed by atoms with Crippen molar-refractivity contribution in [2.45, 2.75) is 54.4 Å². The van der Waals surface area contributed by atoms with Crippen LogP contribution in [0.4, 0.5) is 0 Å². The minimum absolute atomic E-state index is 0.805. The fourth-order valence-electron chi connectivity index (χ4n) is 1.68. The molecule has 0 N–H and O–H groups in total. The minimum Gasteiger partial charge on any atom is -0.0683 e. The van der Waals surface area contributed by atoms with Gasteiger partial charge in [0.1, 0.15) is 0 Å². The monoisotopic (exact) mass is 206 g/mol. The second-order valence-corrected chi connectivity index (χ2v) is 4.30. The van der Waals surface area contributed by atoms with Crippen molar-refractivity contribution in [1.29, 1.82) is 0 Å². The van der Waals surface area contributed by atoms with Gasteiger partial charge in [0.15, 0.2) is 0 Å². The lowest BCUT2D eigenvalue weighted by Gasteiger charge is -2.10. The van der Waals surface area contributed by atoms with Crippen LogP contribution < -0.4 is 0 Å². The van der Waals surface area contributed by atoms with Crippen LogP contribution in [0.25, 0.3) is 0 Å². The van der Waals surface area contributed by atoms with Gasteiger partial charge in [-0.25, -0.2) is 0 Å². The molecule has 0 amide bonds. The minimum atomic E-state index is 0.805. The van der Waals surface area contributed by atoms with Crippen LogP contribution in [-0.2, 0) is 6.42 Å². The topological polar surface area (TPSA) is 0 Å². The summed E-state index contributed by atoms with van der Waals surface area (Å²) < 4.78 is 0. The Balaban J connectivity index is 0.000000921. The Morgan fingerprint density at radius 2 is 1.47 bits per heavy atom. The summed E-state index contributed by atoms with van der Waals surface area (Å²) in [5.41, 5.74) is 4.44. The molecule has 1 aromatic rings. The molecule has 1 aromatic carbocycles. The highest BCUT2D eigenvalue weighted by Crippen LogP contribution is 2.17. The average molecular weight is 206 g/mol. The molecule has 0 saturated carbocycles. The van der Waals surface area contributed by atoms with E-state index in [0.29, 0.717) is 0 Å². The predicted molar refractivity (Wildman–Crippen MR) is 70.4 cm³/mol. The lowest BCUT2D eigenvalue weighted by Crippen LogP contribution is -1.97. The van der Waals surface area contributed by atoms with Crippen LogP contribution in [0.1, 0.15) is 50.8 Å². The lowest BCUT2D eigenvalue weighted by atomic mass is 9.95. The molecule has 0 aliphatic rings. The van der Waals surface area contributed by atoms with Gasteiger partial charge in [-0.3, -0.25) is 0 Å². The van der Waals surface area contributed by atoms with E-state index in [9.17, 15) is 0 Å². The Labute approximate surface area is 95.7 Å². The first-order valence-corrected chi connectivity index (χ1v) is 6.16. The lowest BCUT2D eigenvalue weighted by molar-refractivity contribution is 0.585. The molecular formula is C15H26. The smallest absolute Gasteiger partial charge is 0.0271 e. The quantitative estimate of drug-likeness (QED) is 0.658. The number of benzene rings is 1. The van der Waals surface area contributed by atoms with Crippen molar-refractivity contribution >= 4 is 0 Å². The molecular weight excluding hydrogens is 180 g/mol. The number of hydrogen-bond donors (Lipinski definition) is 0. The van der Waals surface area contributed by atoms with E-state index in [-0.39, 0.29) is 0 Å². The van der Waals surface area contributed by atoms with E-state index in [0.717, 1.165) is 5.92 Å². The maximum Gasteiger partial charge on any atom is -0.0271 e. The van der Waals surface area contributed by atoms with E-state index in [1.54, 1.807) is 5.56 Å². The average Bonchev–Trinajstić information content (AvgIpc) is 2.20. The Bertz CT molecular complexity index is 251. The zero-order valence-corrected chi connectivity index (χ0v) is 11.2. The van der Waals surface area contributed by atoms with Crippen LogP contribution in [0.15, 0.2) is 18.2 Å². The highest BCUT2D eigenvalue weighted by Gasteiger charge is 2.02. The number of aryl methyl sites for hydroxylation is 2. The third-order valence-electron chi connectivity index (χ3n) is 2.62. The third kappa shape index (κ3) is 5.01. The van der Waals surface area contributed by atoms with Gasteiger partial charge in [0, 0.05) is 0 Å². The van der Waals surface area contributed by atoms with Gasteiger partial charge in [-0.2, -0.15) is 0 Å². The fraction of sp³-hybridized carbons (Fsp3) is 0.600. The first kappa shape index (κ1) is 14.2.